The van der Waals surface area contributed by atoms with Crippen molar-refractivity contribution in [2.24, 2.45) is 0 Å². The van der Waals surface area contributed by atoms with Gasteiger partial charge in [0.15, 0.2) is 17.2 Å². The average molecular weight is 251 g/mol. The quantitative estimate of drug-likeness (QED) is 0.890. The van der Waals surface area contributed by atoms with Crippen LogP contribution in [0.2, 0.25) is 0 Å². The highest BCUT2D eigenvalue weighted by Crippen LogP contribution is 2.35. The second-order valence-electron chi connectivity index (χ2n) is 5.35. The molecule has 1 aliphatic carbocycles. The van der Waals surface area contributed by atoms with Gasteiger partial charge in [0, 0.05) is 6.07 Å². The first-order valence-electron chi connectivity index (χ1n) is 5.94. The Kier molecular flexibility index (Phi) is 3.15. The van der Waals surface area contributed by atoms with Gasteiger partial charge in [-0.2, -0.15) is 0 Å². The van der Waals surface area contributed by atoms with Crippen LogP contribution in [-0.4, -0.2) is 27.8 Å². The van der Waals surface area contributed by atoms with Gasteiger partial charge in [0.2, 0.25) is 0 Å². The van der Waals surface area contributed by atoms with E-state index in [0.717, 1.165) is 12.8 Å². The maximum absolute atomic E-state index is 10.9. The lowest BCUT2D eigenvalue weighted by Crippen LogP contribution is -2.23. The summed E-state index contributed by atoms with van der Waals surface area (Å²) in [4.78, 5) is 14.8. The molecule has 1 N–H and O–H groups in total. The van der Waals surface area contributed by atoms with Gasteiger partial charge in [0.1, 0.15) is 5.60 Å². The Balaban J connectivity index is 2.29. The SMILES string of the molecule is CC(C)(C)Oc1cc(C(=O)O)ncc1OC1CC1. The van der Waals surface area contributed by atoms with Crippen molar-refractivity contribution in [3.05, 3.63) is 18.0 Å². The third kappa shape index (κ3) is 3.35. The highest BCUT2D eigenvalue weighted by Gasteiger charge is 2.26. The molecular formula is C13H17NO4. The van der Waals surface area contributed by atoms with Gasteiger partial charge in [0.25, 0.3) is 0 Å². The summed E-state index contributed by atoms with van der Waals surface area (Å²) >= 11 is 0. The molecule has 5 heteroatoms. The lowest BCUT2D eigenvalue weighted by Gasteiger charge is -2.23. The zero-order chi connectivity index (χ0) is 13.3. The van der Waals surface area contributed by atoms with E-state index in [1.165, 1.54) is 12.3 Å². The first-order valence-corrected chi connectivity index (χ1v) is 5.94. The number of pyridine rings is 1. The molecule has 18 heavy (non-hydrogen) atoms. The molecule has 1 saturated carbocycles. The molecule has 1 aliphatic rings. The fourth-order valence-electron chi connectivity index (χ4n) is 1.40. The molecule has 0 amide bonds. The molecule has 1 fully saturated rings. The first kappa shape index (κ1) is 12.7. The van der Waals surface area contributed by atoms with Crippen molar-refractivity contribution < 1.29 is 19.4 Å². The summed E-state index contributed by atoms with van der Waals surface area (Å²) in [5, 5.41) is 8.93. The van der Waals surface area contributed by atoms with Crippen LogP contribution in [0.3, 0.4) is 0 Å². The van der Waals surface area contributed by atoms with Gasteiger partial charge in [-0.3, -0.25) is 0 Å². The number of carboxylic acid groups (broad SMARTS) is 1. The number of carbonyl (C=O) groups is 1. The predicted octanol–water partition coefficient (Wildman–Crippen LogP) is 2.50. The van der Waals surface area contributed by atoms with Crippen LogP contribution in [0, 0.1) is 0 Å². The van der Waals surface area contributed by atoms with Crippen molar-refractivity contribution in [3.63, 3.8) is 0 Å². The molecule has 1 heterocycles. The molecule has 0 spiro atoms. The Hall–Kier alpha value is -1.78. The molecule has 0 saturated heterocycles. The average Bonchev–Trinajstić information content (AvgIpc) is 3.02. The maximum Gasteiger partial charge on any atom is 0.354 e. The van der Waals surface area contributed by atoms with E-state index >= 15 is 0 Å². The zero-order valence-electron chi connectivity index (χ0n) is 10.8. The van der Waals surface area contributed by atoms with Crippen molar-refractivity contribution in [2.75, 3.05) is 0 Å². The van der Waals surface area contributed by atoms with Crippen molar-refractivity contribution >= 4 is 5.97 Å². The van der Waals surface area contributed by atoms with Crippen LogP contribution in [0.15, 0.2) is 12.3 Å². The molecule has 0 bridgehead atoms. The summed E-state index contributed by atoms with van der Waals surface area (Å²) in [7, 11) is 0. The number of aromatic nitrogens is 1. The topological polar surface area (TPSA) is 68.7 Å². The minimum atomic E-state index is -1.08. The van der Waals surface area contributed by atoms with Crippen LogP contribution < -0.4 is 9.47 Å². The second kappa shape index (κ2) is 4.48. The predicted molar refractivity (Wildman–Crippen MR) is 65.2 cm³/mol. The van der Waals surface area contributed by atoms with E-state index in [4.69, 9.17) is 14.6 Å². The number of hydrogen-bond donors (Lipinski definition) is 1. The lowest BCUT2D eigenvalue weighted by atomic mass is 10.2. The van der Waals surface area contributed by atoms with Gasteiger partial charge >= 0.3 is 5.97 Å². The molecule has 0 radical (unpaired) electrons. The van der Waals surface area contributed by atoms with Gasteiger partial charge in [-0.15, -0.1) is 0 Å². The van der Waals surface area contributed by atoms with Crippen LogP contribution in [0.1, 0.15) is 44.1 Å². The summed E-state index contributed by atoms with van der Waals surface area (Å²) in [5.41, 5.74) is -0.462. The van der Waals surface area contributed by atoms with Crippen molar-refractivity contribution in [1.82, 2.24) is 4.98 Å². The molecule has 1 aromatic rings. The third-order valence-electron chi connectivity index (χ3n) is 2.28. The standard InChI is InChI=1S/C13H17NO4/c1-13(2,3)18-10-6-9(12(15)16)14-7-11(10)17-8-4-5-8/h6-8H,4-5H2,1-3H3,(H,15,16). The molecule has 2 rings (SSSR count). The van der Waals surface area contributed by atoms with Crippen molar-refractivity contribution in [1.29, 1.82) is 0 Å². The summed E-state index contributed by atoms with van der Waals surface area (Å²) in [6.07, 6.45) is 3.68. The molecule has 1 aromatic heterocycles. The van der Waals surface area contributed by atoms with E-state index in [1.54, 1.807) is 0 Å². The third-order valence-corrected chi connectivity index (χ3v) is 2.28. The maximum atomic E-state index is 10.9. The Morgan fingerprint density at radius 1 is 1.39 bits per heavy atom. The summed E-state index contributed by atoms with van der Waals surface area (Å²) in [6.45, 7) is 5.69. The van der Waals surface area contributed by atoms with Gasteiger partial charge in [-0.25, -0.2) is 9.78 Å². The van der Waals surface area contributed by atoms with Gasteiger partial charge < -0.3 is 14.6 Å². The highest BCUT2D eigenvalue weighted by atomic mass is 16.5. The monoisotopic (exact) mass is 251 g/mol. The van der Waals surface area contributed by atoms with Crippen molar-refractivity contribution in [2.45, 2.75) is 45.3 Å². The van der Waals surface area contributed by atoms with E-state index in [1.807, 2.05) is 20.8 Å². The summed E-state index contributed by atoms with van der Waals surface area (Å²) in [6, 6.07) is 1.41. The van der Waals surface area contributed by atoms with E-state index in [0.29, 0.717) is 11.5 Å². The minimum Gasteiger partial charge on any atom is -0.485 e. The molecule has 98 valence electrons. The molecule has 0 unspecified atom stereocenters. The zero-order valence-corrected chi connectivity index (χ0v) is 10.8. The van der Waals surface area contributed by atoms with E-state index < -0.39 is 11.6 Å². The smallest absolute Gasteiger partial charge is 0.354 e. The van der Waals surface area contributed by atoms with Gasteiger partial charge in [0.05, 0.1) is 12.3 Å². The lowest BCUT2D eigenvalue weighted by molar-refractivity contribution is 0.0687. The largest absolute Gasteiger partial charge is 0.485 e. The van der Waals surface area contributed by atoms with E-state index in [-0.39, 0.29) is 11.8 Å². The Bertz CT molecular complexity index is 461. The van der Waals surface area contributed by atoms with Gasteiger partial charge in [-0.05, 0) is 33.6 Å². The fourth-order valence-corrected chi connectivity index (χ4v) is 1.40. The van der Waals surface area contributed by atoms with Crippen molar-refractivity contribution in [3.8, 4) is 11.5 Å². The number of carboxylic acids is 1. The number of hydrogen-bond acceptors (Lipinski definition) is 4. The highest BCUT2D eigenvalue weighted by molar-refractivity contribution is 5.86. The Labute approximate surface area is 106 Å². The first-order chi connectivity index (χ1) is 8.35. The molecule has 5 nitrogen and oxygen atoms in total. The van der Waals surface area contributed by atoms with E-state index in [2.05, 4.69) is 4.98 Å². The van der Waals surface area contributed by atoms with Crippen LogP contribution in [0.25, 0.3) is 0 Å². The minimum absolute atomic E-state index is 0.0441. The second-order valence-corrected chi connectivity index (χ2v) is 5.35. The van der Waals surface area contributed by atoms with Gasteiger partial charge in [-0.1, -0.05) is 0 Å². The van der Waals surface area contributed by atoms with Crippen LogP contribution in [0.5, 0.6) is 11.5 Å². The molecule has 0 aromatic carbocycles. The molecule has 0 aliphatic heterocycles. The molecular weight excluding hydrogens is 234 g/mol. The summed E-state index contributed by atoms with van der Waals surface area (Å²) < 4.78 is 11.4. The number of nitrogens with zero attached hydrogens (tertiary/aromatic N) is 1. The normalized spacial score (nSPS) is 15.3. The van der Waals surface area contributed by atoms with E-state index in [9.17, 15) is 4.79 Å². The fraction of sp³-hybridized carbons (Fsp3) is 0.538. The van der Waals surface area contributed by atoms with Crippen LogP contribution in [0.4, 0.5) is 0 Å². The van der Waals surface area contributed by atoms with Crippen LogP contribution >= 0.6 is 0 Å². The number of ether oxygens (including phenoxy) is 2. The summed E-state index contributed by atoms with van der Waals surface area (Å²) in [5.74, 6) is -0.133. The Morgan fingerprint density at radius 2 is 2.06 bits per heavy atom. The number of rotatable bonds is 4. The Morgan fingerprint density at radius 3 is 2.56 bits per heavy atom. The number of aromatic carboxylic acids is 1. The van der Waals surface area contributed by atoms with Crippen LogP contribution in [-0.2, 0) is 0 Å². The molecule has 0 atom stereocenters.